The van der Waals surface area contributed by atoms with Crippen molar-refractivity contribution >= 4 is 20.2 Å². The fraction of sp³-hybridized carbons (Fsp3) is 0.120. The van der Waals surface area contributed by atoms with Gasteiger partial charge in [0.2, 0.25) is 0 Å². The van der Waals surface area contributed by atoms with E-state index >= 15 is 0 Å². The molecule has 35 heavy (non-hydrogen) atoms. The zero-order valence-corrected chi connectivity index (χ0v) is 20.8. The van der Waals surface area contributed by atoms with Gasteiger partial charge in [-0.05, 0) is 62.4 Å². The number of benzene rings is 2. The Morgan fingerprint density at radius 2 is 0.914 bits per heavy atom. The highest BCUT2D eigenvalue weighted by atomic mass is 32.2. The van der Waals surface area contributed by atoms with Crippen molar-refractivity contribution in [2.24, 2.45) is 0 Å². The van der Waals surface area contributed by atoms with Gasteiger partial charge in [-0.3, -0.25) is 19.1 Å². The summed E-state index contributed by atoms with van der Waals surface area (Å²) in [6.07, 6.45) is 4.41. The summed E-state index contributed by atoms with van der Waals surface area (Å²) in [6, 6.07) is 23.8. The first-order valence-electron chi connectivity index (χ1n) is 10.3. The second-order valence-corrected chi connectivity index (χ2v) is 10.2. The lowest BCUT2D eigenvalue weighted by atomic mass is 10.2. The van der Waals surface area contributed by atoms with Gasteiger partial charge in [0.15, 0.2) is 0 Å². The summed E-state index contributed by atoms with van der Waals surface area (Å²) in [7, 11) is -8.04. The molecule has 2 aromatic heterocycles. The summed E-state index contributed by atoms with van der Waals surface area (Å²) >= 11 is 0. The van der Waals surface area contributed by atoms with Crippen LogP contribution in [-0.4, -0.2) is 35.9 Å². The molecule has 0 aliphatic rings. The molecule has 0 radical (unpaired) electrons. The van der Waals surface area contributed by atoms with Gasteiger partial charge in [-0.25, -0.2) is 0 Å². The predicted molar refractivity (Wildman–Crippen MR) is 133 cm³/mol. The third kappa shape index (κ3) is 10.6. The summed E-state index contributed by atoms with van der Waals surface area (Å²) in [5.41, 5.74) is 4.03. The minimum Gasteiger partial charge on any atom is -0.282 e. The summed E-state index contributed by atoms with van der Waals surface area (Å²) in [5, 5.41) is 0. The molecule has 0 atom stereocenters. The summed E-state index contributed by atoms with van der Waals surface area (Å²) in [4.78, 5) is 8.33. The fourth-order valence-corrected chi connectivity index (χ4v) is 3.57. The van der Waals surface area contributed by atoms with Gasteiger partial charge in [0.05, 0.1) is 9.79 Å². The molecule has 8 nitrogen and oxygen atoms in total. The van der Waals surface area contributed by atoms with Gasteiger partial charge in [-0.1, -0.05) is 47.5 Å². The molecule has 0 fully saturated rings. The van der Waals surface area contributed by atoms with Gasteiger partial charge < -0.3 is 0 Å². The lowest BCUT2D eigenvalue weighted by Gasteiger charge is -1.98. The van der Waals surface area contributed by atoms with Crippen LogP contribution in [0, 0.1) is 13.8 Å². The number of hydrogen-bond acceptors (Lipinski definition) is 6. The molecule has 2 aromatic carbocycles. The van der Waals surface area contributed by atoms with E-state index in [1.54, 1.807) is 36.7 Å². The predicted octanol–water partition coefficient (Wildman–Crippen LogP) is 4.55. The number of pyridine rings is 2. The second kappa shape index (κ2) is 12.9. The molecule has 0 unspecified atom stereocenters. The van der Waals surface area contributed by atoms with Crippen molar-refractivity contribution in [3.8, 4) is 0 Å². The molecule has 0 saturated carbocycles. The monoisotopic (exact) mass is 514 g/mol. The zero-order valence-electron chi connectivity index (χ0n) is 19.2. The molecule has 0 amide bonds. The normalized spacial score (nSPS) is 10.9. The Morgan fingerprint density at radius 1 is 0.571 bits per heavy atom. The van der Waals surface area contributed by atoms with Gasteiger partial charge in [-0.2, -0.15) is 16.8 Å². The highest BCUT2D eigenvalue weighted by Gasteiger charge is 2.07. The number of rotatable bonds is 4. The highest BCUT2D eigenvalue weighted by molar-refractivity contribution is 7.86. The van der Waals surface area contributed by atoms with E-state index in [1.807, 2.05) is 50.2 Å². The SMILES string of the molecule is Cc1ccc(S(=O)(=O)O)cc1.Cc1ccc(S(=O)(=O)O)cc1.c1ccc(Cc2ccccn2)nc1. The van der Waals surface area contributed by atoms with Crippen LogP contribution in [-0.2, 0) is 26.7 Å². The van der Waals surface area contributed by atoms with Gasteiger partial charge in [0.1, 0.15) is 0 Å². The van der Waals surface area contributed by atoms with Crippen LogP contribution in [0.15, 0.2) is 107 Å². The van der Waals surface area contributed by atoms with Crippen LogP contribution in [0.1, 0.15) is 22.5 Å². The molecule has 0 aliphatic heterocycles. The number of aromatic nitrogens is 2. The minimum absolute atomic E-state index is 0.0666. The van der Waals surface area contributed by atoms with Crippen LogP contribution >= 0.6 is 0 Å². The van der Waals surface area contributed by atoms with Crippen LogP contribution in [0.3, 0.4) is 0 Å². The largest absolute Gasteiger partial charge is 0.294 e. The fourth-order valence-electron chi connectivity index (χ4n) is 2.61. The smallest absolute Gasteiger partial charge is 0.282 e. The van der Waals surface area contributed by atoms with Gasteiger partial charge in [-0.15, -0.1) is 0 Å². The summed E-state index contributed by atoms with van der Waals surface area (Å²) < 4.78 is 59.1. The first-order chi connectivity index (χ1) is 16.4. The number of hydrogen-bond donors (Lipinski definition) is 2. The molecule has 0 saturated heterocycles. The molecule has 4 aromatic rings. The number of nitrogens with zero attached hydrogens (tertiary/aromatic N) is 2. The first kappa shape index (κ1) is 27.8. The van der Waals surface area contributed by atoms with E-state index in [1.165, 1.54) is 24.3 Å². The van der Waals surface area contributed by atoms with E-state index in [0.29, 0.717) is 0 Å². The van der Waals surface area contributed by atoms with Crippen LogP contribution in [0.5, 0.6) is 0 Å². The van der Waals surface area contributed by atoms with Gasteiger partial charge in [0, 0.05) is 30.2 Å². The Kier molecular flexibility index (Phi) is 10.2. The maximum atomic E-state index is 10.5. The number of aryl methyl sites for hydroxylation is 2. The first-order valence-corrected chi connectivity index (χ1v) is 13.2. The van der Waals surface area contributed by atoms with Gasteiger partial charge >= 0.3 is 0 Å². The van der Waals surface area contributed by atoms with Crippen molar-refractivity contribution < 1.29 is 25.9 Å². The van der Waals surface area contributed by atoms with Crippen molar-refractivity contribution in [1.29, 1.82) is 0 Å². The maximum Gasteiger partial charge on any atom is 0.294 e. The van der Waals surface area contributed by atoms with E-state index in [-0.39, 0.29) is 9.79 Å². The van der Waals surface area contributed by atoms with Crippen LogP contribution in [0.4, 0.5) is 0 Å². The Bertz CT molecular complexity index is 1280. The molecular weight excluding hydrogens is 488 g/mol. The molecule has 0 aliphatic carbocycles. The molecule has 0 spiro atoms. The molecule has 10 heteroatoms. The topological polar surface area (TPSA) is 135 Å². The average Bonchev–Trinajstić information content (AvgIpc) is 2.81. The zero-order chi connectivity index (χ0) is 25.9. The van der Waals surface area contributed by atoms with Crippen molar-refractivity contribution in [2.45, 2.75) is 30.1 Å². The molecule has 2 heterocycles. The minimum atomic E-state index is -4.02. The molecule has 184 valence electrons. The highest BCUT2D eigenvalue weighted by Crippen LogP contribution is 2.09. The summed E-state index contributed by atoms with van der Waals surface area (Å²) in [6.45, 7) is 3.68. The quantitative estimate of drug-likeness (QED) is 0.379. The molecule has 4 rings (SSSR count). The van der Waals surface area contributed by atoms with E-state index in [0.717, 1.165) is 28.9 Å². The molecule has 0 bridgehead atoms. The third-order valence-corrected chi connectivity index (χ3v) is 6.19. The van der Waals surface area contributed by atoms with Crippen LogP contribution in [0.2, 0.25) is 0 Å². The molecular formula is C25H26N2O6S2. The Labute approximate surface area is 205 Å². The Hall–Kier alpha value is -3.44. The standard InChI is InChI=1S/C11H10N2.2C7H8O3S/c1-3-7-12-10(5-1)9-11-6-2-4-8-13-11;2*1-6-2-4-7(5-3-6)11(8,9)10/h1-8H,9H2;2*2-5H,1H3,(H,8,9,10). The lowest BCUT2D eigenvalue weighted by Crippen LogP contribution is -1.96. The van der Waals surface area contributed by atoms with Crippen molar-refractivity contribution in [3.05, 3.63) is 120 Å². The van der Waals surface area contributed by atoms with Crippen molar-refractivity contribution in [2.75, 3.05) is 0 Å². The van der Waals surface area contributed by atoms with Crippen LogP contribution in [0.25, 0.3) is 0 Å². The van der Waals surface area contributed by atoms with Crippen LogP contribution < -0.4 is 0 Å². The van der Waals surface area contributed by atoms with Crippen molar-refractivity contribution in [3.63, 3.8) is 0 Å². The molecule has 2 N–H and O–H groups in total. The average molecular weight is 515 g/mol. The van der Waals surface area contributed by atoms with Crippen molar-refractivity contribution in [1.82, 2.24) is 9.97 Å². The Morgan fingerprint density at radius 3 is 1.17 bits per heavy atom. The van der Waals surface area contributed by atoms with E-state index < -0.39 is 20.2 Å². The summed E-state index contributed by atoms with van der Waals surface area (Å²) in [5.74, 6) is 0. The van der Waals surface area contributed by atoms with E-state index in [9.17, 15) is 16.8 Å². The maximum absolute atomic E-state index is 10.5. The third-order valence-electron chi connectivity index (χ3n) is 4.45. The lowest BCUT2D eigenvalue weighted by molar-refractivity contribution is 0.481. The Balaban J connectivity index is 0.000000186. The van der Waals surface area contributed by atoms with E-state index in [2.05, 4.69) is 9.97 Å². The van der Waals surface area contributed by atoms with E-state index in [4.69, 9.17) is 9.11 Å². The second-order valence-electron chi connectivity index (χ2n) is 7.40. The van der Waals surface area contributed by atoms with Gasteiger partial charge in [0.25, 0.3) is 20.2 Å².